The summed E-state index contributed by atoms with van der Waals surface area (Å²) in [6.45, 7) is 0.206. The van der Waals surface area contributed by atoms with Gasteiger partial charge in [-0.25, -0.2) is 14.4 Å². The van der Waals surface area contributed by atoms with Gasteiger partial charge in [0.1, 0.15) is 5.82 Å². The molecule has 0 atom stereocenters. The van der Waals surface area contributed by atoms with Crippen molar-refractivity contribution in [3.8, 4) is 0 Å². The van der Waals surface area contributed by atoms with Crippen molar-refractivity contribution >= 4 is 28.7 Å². The van der Waals surface area contributed by atoms with E-state index in [4.69, 9.17) is 5.73 Å². The number of primary amides is 1. The first-order valence-corrected chi connectivity index (χ1v) is 8.04. The monoisotopic (exact) mass is 344 g/mol. The molecule has 0 fully saturated rings. The molecule has 0 saturated heterocycles. The number of hydrogen-bond donors (Lipinski definition) is 1. The van der Waals surface area contributed by atoms with Gasteiger partial charge in [-0.2, -0.15) is 0 Å². The summed E-state index contributed by atoms with van der Waals surface area (Å²) < 4.78 is 14.5. The number of nitrogens with two attached hydrogens (primary N) is 1. The molecule has 0 aliphatic heterocycles. The average Bonchev–Trinajstić information content (AvgIpc) is 2.57. The first kappa shape index (κ1) is 16.1. The van der Waals surface area contributed by atoms with E-state index < -0.39 is 5.91 Å². The van der Waals surface area contributed by atoms with Crippen LogP contribution in [0, 0.1) is 5.82 Å². The van der Waals surface area contributed by atoms with Crippen LogP contribution in [0.25, 0.3) is 11.0 Å². The summed E-state index contributed by atoms with van der Waals surface area (Å²) in [6.07, 6.45) is 1.54. The number of hydrogen-bond acceptors (Lipinski definition) is 5. The van der Waals surface area contributed by atoms with Gasteiger partial charge in [0.05, 0.1) is 17.7 Å². The van der Waals surface area contributed by atoms with Gasteiger partial charge in [0.25, 0.3) is 5.56 Å². The Balaban J connectivity index is 2.09. The Morgan fingerprint density at radius 2 is 2.00 bits per heavy atom. The van der Waals surface area contributed by atoms with E-state index in [1.165, 1.54) is 16.7 Å². The van der Waals surface area contributed by atoms with Crippen molar-refractivity contribution < 1.29 is 9.18 Å². The van der Waals surface area contributed by atoms with Crippen LogP contribution < -0.4 is 11.3 Å². The molecule has 24 heavy (non-hydrogen) atoms. The van der Waals surface area contributed by atoms with Crippen LogP contribution in [0.4, 0.5) is 4.39 Å². The average molecular weight is 344 g/mol. The molecule has 3 aromatic rings. The molecule has 0 aliphatic carbocycles. The highest BCUT2D eigenvalue weighted by Crippen LogP contribution is 2.18. The molecule has 0 saturated carbocycles. The molecule has 0 bridgehead atoms. The summed E-state index contributed by atoms with van der Waals surface area (Å²) in [5, 5.41) is 0.720. The predicted octanol–water partition coefficient (Wildman–Crippen LogP) is 1.56. The number of nitrogens with zero attached hydrogens (tertiary/aromatic N) is 3. The van der Waals surface area contributed by atoms with Gasteiger partial charge >= 0.3 is 0 Å². The Morgan fingerprint density at radius 1 is 1.25 bits per heavy atom. The fourth-order valence-corrected chi connectivity index (χ4v) is 2.92. The van der Waals surface area contributed by atoms with Crippen molar-refractivity contribution in [2.75, 3.05) is 5.75 Å². The number of amides is 1. The van der Waals surface area contributed by atoms with Crippen LogP contribution in [0.5, 0.6) is 0 Å². The summed E-state index contributed by atoms with van der Waals surface area (Å²) in [6, 6.07) is 9.14. The molecule has 2 aromatic heterocycles. The van der Waals surface area contributed by atoms with E-state index >= 15 is 0 Å². The van der Waals surface area contributed by atoms with Crippen molar-refractivity contribution in [3.05, 3.63) is 64.3 Å². The van der Waals surface area contributed by atoms with Gasteiger partial charge < -0.3 is 5.73 Å². The minimum Gasteiger partial charge on any atom is -0.369 e. The van der Waals surface area contributed by atoms with E-state index in [9.17, 15) is 14.0 Å². The third-order valence-corrected chi connectivity index (χ3v) is 4.29. The molecule has 3 rings (SSSR count). The number of thioether (sulfide) groups is 1. The Labute approximate surface area is 140 Å². The highest BCUT2D eigenvalue weighted by atomic mass is 32.2. The highest BCUT2D eigenvalue weighted by molar-refractivity contribution is 7.99. The summed E-state index contributed by atoms with van der Waals surface area (Å²) in [7, 11) is 0. The van der Waals surface area contributed by atoms with Crippen LogP contribution in [0.2, 0.25) is 0 Å². The van der Waals surface area contributed by atoms with Crippen LogP contribution in [0.1, 0.15) is 5.56 Å². The van der Waals surface area contributed by atoms with E-state index in [1.54, 1.807) is 30.5 Å². The van der Waals surface area contributed by atoms with Crippen LogP contribution in [-0.2, 0) is 11.3 Å². The fraction of sp³-hybridized carbons (Fsp3) is 0.125. The first-order chi connectivity index (χ1) is 11.5. The molecule has 1 aromatic carbocycles. The van der Waals surface area contributed by atoms with Gasteiger partial charge in [-0.3, -0.25) is 14.2 Å². The number of benzene rings is 1. The number of fused-ring (bicyclic) bond motifs is 1. The second-order valence-electron chi connectivity index (χ2n) is 5.04. The second-order valence-corrected chi connectivity index (χ2v) is 5.98. The largest absolute Gasteiger partial charge is 0.369 e. The van der Waals surface area contributed by atoms with Crippen molar-refractivity contribution in [1.82, 2.24) is 14.5 Å². The van der Waals surface area contributed by atoms with Crippen molar-refractivity contribution in [3.63, 3.8) is 0 Å². The number of halogens is 1. The Kier molecular flexibility index (Phi) is 4.57. The lowest BCUT2D eigenvalue weighted by Crippen LogP contribution is -2.25. The smallest absolute Gasteiger partial charge is 0.263 e. The lowest BCUT2D eigenvalue weighted by atomic mass is 10.2. The van der Waals surface area contributed by atoms with E-state index in [2.05, 4.69) is 9.97 Å². The van der Waals surface area contributed by atoms with Gasteiger partial charge in [0, 0.05) is 6.20 Å². The second kappa shape index (κ2) is 6.79. The Morgan fingerprint density at radius 3 is 2.71 bits per heavy atom. The van der Waals surface area contributed by atoms with Crippen molar-refractivity contribution in [1.29, 1.82) is 0 Å². The molecule has 0 spiro atoms. The van der Waals surface area contributed by atoms with Crippen LogP contribution >= 0.6 is 11.8 Å². The molecule has 2 heterocycles. The number of carbonyl (C=O) groups is 1. The van der Waals surface area contributed by atoms with E-state index in [1.807, 2.05) is 0 Å². The zero-order valence-electron chi connectivity index (χ0n) is 12.5. The topological polar surface area (TPSA) is 90.9 Å². The minimum atomic E-state index is -0.510. The van der Waals surface area contributed by atoms with Crippen molar-refractivity contribution in [2.45, 2.75) is 11.7 Å². The number of rotatable bonds is 5. The maximum atomic E-state index is 13.1. The van der Waals surface area contributed by atoms with Crippen LogP contribution in [0.3, 0.4) is 0 Å². The predicted molar refractivity (Wildman–Crippen MR) is 89.2 cm³/mol. The van der Waals surface area contributed by atoms with E-state index in [0.29, 0.717) is 16.2 Å². The van der Waals surface area contributed by atoms with E-state index in [-0.39, 0.29) is 23.7 Å². The maximum Gasteiger partial charge on any atom is 0.263 e. The first-order valence-electron chi connectivity index (χ1n) is 7.05. The standard InChI is InChI=1S/C16H13FN4O2S/c17-11-5-3-10(4-6-11)8-21-15(23)12-2-1-7-19-14(12)20-16(21)24-9-13(18)22/h1-7H,8-9H2,(H2,18,22). The van der Waals surface area contributed by atoms with Gasteiger partial charge in [-0.1, -0.05) is 23.9 Å². The van der Waals surface area contributed by atoms with Gasteiger partial charge in [-0.05, 0) is 29.8 Å². The molecule has 1 amide bonds. The SMILES string of the molecule is NC(=O)CSc1nc2ncccc2c(=O)n1Cc1ccc(F)cc1. The number of carbonyl (C=O) groups excluding carboxylic acids is 1. The van der Waals surface area contributed by atoms with Gasteiger partial charge in [-0.15, -0.1) is 0 Å². The normalized spacial score (nSPS) is 10.9. The fourth-order valence-electron chi connectivity index (χ4n) is 2.19. The van der Waals surface area contributed by atoms with Crippen molar-refractivity contribution in [2.24, 2.45) is 5.73 Å². The van der Waals surface area contributed by atoms with Gasteiger partial charge in [0.15, 0.2) is 10.8 Å². The quantitative estimate of drug-likeness (QED) is 0.560. The maximum absolute atomic E-state index is 13.1. The molecule has 6 nitrogen and oxygen atoms in total. The minimum absolute atomic E-state index is 0.00576. The van der Waals surface area contributed by atoms with E-state index in [0.717, 1.165) is 17.3 Å². The summed E-state index contributed by atoms with van der Waals surface area (Å²) >= 11 is 1.07. The molecule has 0 radical (unpaired) electrons. The Hall–Kier alpha value is -2.74. The molecule has 2 N–H and O–H groups in total. The molecule has 0 aliphatic rings. The molecular formula is C16H13FN4O2S. The summed E-state index contributed by atoms with van der Waals surface area (Å²) in [5.74, 6) is -0.868. The number of aromatic nitrogens is 3. The molecule has 8 heteroatoms. The Bertz CT molecular complexity index is 956. The lowest BCUT2D eigenvalue weighted by Gasteiger charge is -2.12. The zero-order valence-corrected chi connectivity index (χ0v) is 13.3. The highest BCUT2D eigenvalue weighted by Gasteiger charge is 2.13. The molecular weight excluding hydrogens is 331 g/mol. The molecule has 122 valence electrons. The van der Waals surface area contributed by atoms with Crippen LogP contribution in [-0.4, -0.2) is 26.2 Å². The summed E-state index contributed by atoms with van der Waals surface area (Å²) in [5.41, 5.74) is 5.95. The third-order valence-electron chi connectivity index (χ3n) is 3.29. The molecule has 0 unspecified atom stereocenters. The zero-order chi connectivity index (χ0) is 17.1. The third kappa shape index (κ3) is 3.43. The van der Waals surface area contributed by atoms with Gasteiger partial charge in [0.2, 0.25) is 5.91 Å². The van der Waals surface area contributed by atoms with Crippen LogP contribution in [0.15, 0.2) is 52.5 Å². The summed E-state index contributed by atoms with van der Waals surface area (Å²) in [4.78, 5) is 32.2. The number of pyridine rings is 1. The lowest BCUT2D eigenvalue weighted by molar-refractivity contribution is -0.115.